The molecule has 0 saturated carbocycles. The first kappa shape index (κ1) is 16.7. The molecule has 0 amide bonds. The molecule has 0 fully saturated rings. The maximum Gasteiger partial charge on any atom is 0.271 e. The number of nitriles is 3. The molecule has 0 N–H and O–H groups in total. The lowest BCUT2D eigenvalue weighted by Crippen LogP contribution is -2.35. The predicted molar refractivity (Wildman–Crippen MR) is 74.9 cm³/mol. The second-order valence-electron chi connectivity index (χ2n) is 4.86. The summed E-state index contributed by atoms with van der Waals surface area (Å²) in [6.07, 6.45) is 2.56. The fourth-order valence-corrected chi connectivity index (χ4v) is 3.11. The number of rotatable bonds is 5. The van der Waals surface area contributed by atoms with Gasteiger partial charge in [-0.2, -0.15) is 15.8 Å². The number of halogens is 1. The zero-order chi connectivity index (χ0) is 16.0. The number of nitrogens with zero attached hydrogens (tertiary/aromatic N) is 4. The molecule has 7 heteroatoms. The van der Waals surface area contributed by atoms with Gasteiger partial charge in [-0.15, -0.1) is 0 Å². The van der Waals surface area contributed by atoms with Crippen molar-refractivity contribution in [3.8, 4) is 18.2 Å². The van der Waals surface area contributed by atoms with Crippen LogP contribution in [0.25, 0.3) is 0 Å². The highest BCUT2D eigenvalue weighted by Gasteiger charge is 2.48. The highest BCUT2D eigenvalue weighted by molar-refractivity contribution is 6.32. The Morgan fingerprint density at radius 2 is 2.10 bits per heavy atom. The van der Waals surface area contributed by atoms with Crippen molar-refractivity contribution in [3.63, 3.8) is 0 Å². The lowest BCUT2D eigenvalue weighted by Gasteiger charge is -2.36. The number of allylic oxidation sites excluding steroid dienone is 4. The van der Waals surface area contributed by atoms with Gasteiger partial charge in [-0.1, -0.05) is 31.0 Å². The molecule has 0 aromatic heterocycles. The Kier molecular flexibility index (Phi) is 5.47. The summed E-state index contributed by atoms with van der Waals surface area (Å²) in [4.78, 5) is 10.7. The Morgan fingerprint density at radius 1 is 1.43 bits per heavy atom. The van der Waals surface area contributed by atoms with Crippen LogP contribution in [0.4, 0.5) is 0 Å². The largest absolute Gasteiger partial charge is 0.271 e. The minimum Gasteiger partial charge on any atom is -0.259 e. The van der Waals surface area contributed by atoms with E-state index < -0.39 is 16.3 Å². The third-order valence-electron chi connectivity index (χ3n) is 3.65. The van der Waals surface area contributed by atoms with Crippen LogP contribution in [0.15, 0.2) is 22.4 Å². The van der Waals surface area contributed by atoms with E-state index in [0.717, 1.165) is 0 Å². The third kappa shape index (κ3) is 3.05. The molecule has 0 aromatic rings. The summed E-state index contributed by atoms with van der Waals surface area (Å²) in [6, 6.07) is 5.79. The van der Waals surface area contributed by atoms with Gasteiger partial charge in [0.05, 0.1) is 28.6 Å². The quantitative estimate of drug-likeness (QED) is 0.570. The molecule has 21 heavy (non-hydrogen) atoms. The van der Waals surface area contributed by atoms with Crippen molar-refractivity contribution in [1.29, 1.82) is 15.8 Å². The van der Waals surface area contributed by atoms with E-state index >= 15 is 0 Å². The highest BCUT2D eigenvalue weighted by atomic mass is 35.5. The molecule has 1 aliphatic carbocycles. The highest BCUT2D eigenvalue weighted by Crippen LogP contribution is 2.50. The first-order chi connectivity index (χ1) is 9.97. The van der Waals surface area contributed by atoms with E-state index in [9.17, 15) is 10.1 Å². The SMILES string of the molecule is CCCC1(CC#N)C=C(C#N)C(Cl)=C([N+](=O)[O-])C1CC#N. The minimum absolute atomic E-state index is 0.000123. The Morgan fingerprint density at radius 3 is 2.52 bits per heavy atom. The third-order valence-corrected chi connectivity index (χ3v) is 4.05. The predicted octanol–water partition coefficient (Wildman–Crippen LogP) is 3.41. The maximum absolute atomic E-state index is 11.3. The van der Waals surface area contributed by atoms with Gasteiger partial charge < -0.3 is 0 Å². The van der Waals surface area contributed by atoms with Crippen molar-refractivity contribution >= 4 is 11.6 Å². The summed E-state index contributed by atoms with van der Waals surface area (Å²) in [7, 11) is 0. The van der Waals surface area contributed by atoms with Gasteiger partial charge in [0.2, 0.25) is 0 Å². The van der Waals surface area contributed by atoms with E-state index in [-0.39, 0.29) is 29.1 Å². The van der Waals surface area contributed by atoms with E-state index in [1.165, 1.54) is 6.08 Å². The molecule has 0 radical (unpaired) electrons. The molecule has 0 heterocycles. The van der Waals surface area contributed by atoms with E-state index in [1.54, 1.807) is 0 Å². The molecule has 2 atom stereocenters. The average molecular weight is 305 g/mol. The van der Waals surface area contributed by atoms with E-state index in [1.807, 2.05) is 25.1 Å². The van der Waals surface area contributed by atoms with Gasteiger partial charge in [0, 0.05) is 18.3 Å². The zero-order valence-electron chi connectivity index (χ0n) is 11.5. The molecule has 108 valence electrons. The zero-order valence-corrected chi connectivity index (χ0v) is 12.2. The first-order valence-corrected chi connectivity index (χ1v) is 6.76. The Bertz CT molecular complexity index is 633. The second-order valence-corrected chi connectivity index (χ2v) is 5.24. The second kappa shape index (κ2) is 6.88. The topological polar surface area (TPSA) is 115 Å². The monoisotopic (exact) mass is 304 g/mol. The van der Waals surface area contributed by atoms with Gasteiger partial charge in [-0.3, -0.25) is 10.1 Å². The van der Waals surface area contributed by atoms with Gasteiger partial charge >= 0.3 is 0 Å². The van der Waals surface area contributed by atoms with E-state index in [4.69, 9.17) is 27.4 Å². The number of nitro groups is 1. The number of hydrogen-bond donors (Lipinski definition) is 0. The smallest absolute Gasteiger partial charge is 0.259 e. The lowest BCUT2D eigenvalue weighted by atomic mass is 9.64. The first-order valence-electron chi connectivity index (χ1n) is 6.38. The molecular weight excluding hydrogens is 292 g/mol. The molecule has 1 aliphatic rings. The average Bonchev–Trinajstić information content (AvgIpc) is 2.43. The maximum atomic E-state index is 11.3. The van der Waals surface area contributed by atoms with Crippen LogP contribution in [-0.4, -0.2) is 4.92 Å². The van der Waals surface area contributed by atoms with Crippen LogP contribution in [0.1, 0.15) is 32.6 Å². The molecule has 0 spiro atoms. The van der Waals surface area contributed by atoms with E-state index in [2.05, 4.69) is 0 Å². The van der Waals surface area contributed by atoms with Crippen LogP contribution in [0.2, 0.25) is 0 Å². The standard InChI is InChI=1S/C14H13ClN4O2/c1-2-4-14(5-7-17)8-10(9-18)12(15)13(19(20)21)11(14)3-6-16/h8,11H,2-5H2,1H3. The minimum atomic E-state index is -0.898. The van der Waals surface area contributed by atoms with Crippen LogP contribution in [-0.2, 0) is 0 Å². The van der Waals surface area contributed by atoms with Gasteiger partial charge in [0.15, 0.2) is 0 Å². The normalized spacial score (nSPS) is 24.5. The van der Waals surface area contributed by atoms with Crippen LogP contribution < -0.4 is 0 Å². The molecule has 0 aliphatic heterocycles. The lowest BCUT2D eigenvalue weighted by molar-refractivity contribution is -0.437. The van der Waals surface area contributed by atoms with Crippen LogP contribution in [0.5, 0.6) is 0 Å². The van der Waals surface area contributed by atoms with Gasteiger partial charge in [0.1, 0.15) is 11.1 Å². The van der Waals surface area contributed by atoms with Crippen molar-refractivity contribution in [2.24, 2.45) is 11.3 Å². The van der Waals surface area contributed by atoms with Crippen LogP contribution in [0.3, 0.4) is 0 Å². The molecule has 1 rings (SSSR count). The van der Waals surface area contributed by atoms with Gasteiger partial charge in [-0.05, 0) is 6.42 Å². The summed E-state index contributed by atoms with van der Waals surface area (Å²) in [5.41, 5.74) is -1.23. The molecular formula is C14H13ClN4O2. The molecule has 6 nitrogen and oxygen atoms in total. The van der Waals surface area contributed by atoms with Gasteiger partial charge in [0.25, 0.3) is 5.70 Å². The summed E-state index contributed by atoms with van der Waals surface area (Å²) in [5, 5.41) is 38.3. The summed E-state index contributed by atoms with van der Waals surface area (Å²) < 4.78 is 0. The summed E-state index contributed by atoms with van der Waals surface area (Å²) in [5.74, 6) is -0.790. The molecule has 0 saturated heterocycles. The van der Waals surface area contributed by atoms with Gasteiger partial charge in [-0.25, -0.2) is 0 Å². The Balaban J connectivity index is 3.60. The number of hydrogen-bond acceptors (Lipinski definition) is 5. The molecule has 0 aromatic carbocycles. The molecule has 0 bridgehead atoms. The van der Waals surface area contributed by atoms with Crippen molar-refractivity contribution in [1.82, 2.24) is 0 Å². The van der Waals surface area contributed by atoms with Crippen molar-refractivity contribution in [2.45, 2.75) is 32.6 Å². The Labute approximate surface area is 127 Å². The summed E-state index contributed by atoms with van der Waals surface area (Å²) in [6.45, 7) is 1.88. The van der Waals surface area contributed by atoms with Crippen molar-refractivity contribution in [3.05, 3.63) is 32.5 Å². The fourth-order valence-electron chi connectivity index (χ4n) is 2.82. The Hall–Kier alpha value is -2.36. The van der Waals surface area contributed by atoms with Crippen molar-refractivity contribution < 1.29 is 4.92 Å². The molecule has 2 unspecified atom stereocenters. The van der Waals surface area contributed by atoms with Crippen LogP contribution in [0, 0.1) is 55.4 Å². The summed E-state index contributed by atoms with van der Waals surface area (Å²) >= 11 is 5.96. The van der Waals surface area contributed by atoms with Crippen LogP contribution >= 0.6 is 11.6 Å². The van der Waals surface area contributed by atoms with E-state index in [0.29, 0.717) is 12.8 Å². The fraction of sp³-hybridized carbons (Fsp3) is 0.500. The van der Waals surface area contributed by atoms with Crippen molar-refractivity contribution in [2.75, 3.05) is 0 Å².